The van der Waals surface area contributed by atoms with E-state index >= 15 is 0 Å². The lowest BCUT2D eigenvalue weighted by Crippen LogP contribution is -2.02. The maximum absolute atomic E-state index is 4.68. The molecule has 0 fully saturated rings. The second-order valence-electron chi connectivity index (χ2n) is 5.46. The van der Waals surface area contributed by atoms with E-state index in [9.17, 15) is 0 Å². The number of fused-ring (bicyclic) bond motifs is 1. The predicted octanol–water partition coefficient (Wildman–Crippen LogP) is 3.03. The summed E-state index contributed by atoms with van der Waals surface area (Å²) >= 11 is 2.32. The molecule has 7 nitrogen and oxygen atoms in total. The Morgan fingerprint density at radius 2 is 2.17 bits per heavy atom. The van der Waals surface area contributed by atoms with E-state index in [-0.39, 0.29) is 0 Å². The number of nitrogens with zero attached hydrogens (tertiary/aromatic N) is 5. The summed E-state index contributed by atoms with van der Waals surface area (Å²) in [6.07, 6.45) is 6.10. The maximum Gasteiger partial charge on any atom is 0.229 e. The third kappa shape index (κ3) is 3.09. The quantitative estimate of drug-likeness (QED) is 0.486. The van der Waals surface area contributed by atoms with Gasteiger partial charge in [0.05, 0.1) is 29.2 Å². The fourth-order valence-corrected chi connectivity index (χ4v) is 3.15. The highest BCUT2D eigenvalue weighted by Crippen LogP contribution is 2.21. The lowest BCUT2D eigenvalue weighted by Gasteiger charge is -2.07. The smallest absolute Gasteiger partial charge is 0.229 e. The first-order valence-corrected chi connectivity index (χ1v) is 8.45. The van der Waals surface area contributed by atoms with Crippen LogP contribution in [-0.4, -0.2) is 29.9 Å². The molecule has 120 valence electrons. The standard InChI is InChI=1S/C16H14IN7/c1-24-9-12(7-19-24)20-16-21-14(13-8-18-23-15(13)22-16)6-10-3-2-4-11(17)5-10/h2-5,7-9H,6H2,1H3,(H2,18,20,21,22,23). The van der Waals surface area contributed by atoms with E-state index in [0.29, 0.717) is 5.95 Å². The highest BCUT2D eigenvalue weighted by Gasteiger charge is 2.11. The van der Waals surface area contributed by atoms with Crippen molar-refractivity contribution in [2.45, 2.75) is 6.42 Å². The molecule has 0 saturated heterocycles. The number of hydrogen-bond donors (Lipinski definition) is 2. The van der Waals surface area contributed by atoms with E-state index in [1.165, 1.54) is 9.13 Å². The number of nitrogens with one attached hydrogen (secondary N) is 2. The number of aromatic amines is 1. The molecule has 0 aliphatic carbocycles. The van der Waals surface area contributed by atoms with Gasteiger partial charge in [0, 0.05) is 23.2 Å². The van der Waals surface area contributed by atoms with Crippen molar-refractivity contribution in [3.63, 3.8) is 0 Å². The molecule has 0 amide bonds. The molecular weight excluding hydrogens is 417 g/mol. The zero-order valence-corrected chi connectivity index (χ0v) is 15.0. The van der Waals surface area contributed by atoms with Crippen molar-refractivity contribution in [3.8, 4) is 0 Å². The number of aromatic nitrogens is 6. The Hall–Kier alpha value is -2.49. The number of halogens is 1. The molecule has 4 rings (SSSR count). The van der Waals surface area contributed by atoms with Crippen LogP contribution >= 0.6 is 22.6 Å². The van der Waals surface area contributed by atoms with Crippen LogP contribution in [0.25, 0.3) is 11.0 Å². The second kappa shape index (κ2) is 6.19. The highest BCUT2D eigenvalue weighted by molar-refractivity contribution is 14.1. The largest absolute Gasteiger partial charge is 0.321 e. The first kappa shape index (κ1) is 15.1. The third-order valence-electron chi connectivity index (χ3n) is 3.61. The summed E-state index contributed by atoms with van der Waals surface area (Å²) in [5.41, 5.74) is 3.70. The summed E-state index contributed by atoms with van der Waals surface area (Å²) in [5.74, 6) is 0.528. The minimum absolute atomic E-state index is 0.528. The Balaban J connectivity index is 1.72. The van der Waals surface area contributed by atoms with E-state index < -0.39 is 0 Å². The van der Waals surface area contributed by atoms with Crippen LogP contribution in [0.3, 0.4) is 0 Å². The molecule has 2 N–H and O–H groups in total. The Labute approximate surface area is 151 Å². The molecule has 0 aliphatic rings. The summed E-state index contributed by atoms with van der Waals surface area (Å²) in [6, 6.07) is 8.39. The molecule has 4 aromatic rings. The molecule has 0 radical (unpaired) electrons. The molecule has 0 saturated carbocycles. The van der Waals surface area contributed by atoms with Gasteiger partial charge in [-0.25, -0.2) is 4.98 Å². The Bertz CT molecular complexity index is 1000. The van der Waals surface area contributed by atoms with Gasteiger partial charge in [-0.05, 0) is 40.3 Å². The van der Waals surface area contributed by atoms with E-state index in [4.69, 9.17) is 0 Å². The van der Waals surface area contributed by atoms with Gasteiger partial charge in [0.1, 0.15) is 0 Å². The maximum atomic E-state index is 4.68. The van der Waals surface area contributed by atoms with Gasteiger partial charge in [-0.1, -0.05) is 12.1 Å². The molecule has 8 heteroatoms. The fourth-order valence-electron chi connectivity index (χ4n) is 2.54. The van der Waals surface area contributed by atoms with Crippen molar-refractivity contribution in [1.29, 1.82) is 0 Å². The third-order valence-corrected chi connectivity index (χ3v) is 4.28. The van der Waals surface area contributed by atoms with Crippen molar-refractivity contribution in [2.75, 3.05) is 5.32 Å². The monoisotopic (exact) mass is 431 g/mol. The number of hydrogen-bond acceptors (Lipinski definition) is 5. The van der Waals surface area contributed by atoms with Gasteiger partial charge in [-0.2, -0.15) is 15.2 Å². The molecular formula is C16H14IN7. The SMILES string of the molecule is Cn1cc(Nc2nc(Cc3cccc(I)c3)c3cn[nH]c3n2)cn1. The number of anilines is 2. The number of H-pyrrole nitrogens is 1. The van der Waals surface area contributed by atoms with Crippen molar-refractivity contribution in [2.24, 2.45) is 7.05 Å². The zero-order chi connectivity index (χ0) is 16.5. The van der Waals surface area contributed by atoms with Crippen molar-refractivity contribution in [1.82, 2.24) is 29.9 Å². The minimum Gasteiger partial charge on any atom is -0.321 e. The fraction of sp³-hybridized carbons (Fsp3) is 0.125. The summed E-state index contributed by atoms with van der Waals surface area (Å²) in [4.78, 5) is 9.16. The van der Waals surface area contributed by atoms with E-state index in [1.54, 1.807) is 17.1 Å². The summed E-state index contributed by atoms with van der Waals surface area (Å²) in [6.45, 7) is 0. The molecule has 0 aliphatic heterocycles. The Kier molecular flexibility index (Phi) is 3.89. The van der Waals surface area contributed by atoms with Crippen LogP contribution in [0.2, 0.25) is 0 Å². The van der Waals surface area contributed by atoms with Gasteiger partial charge < -0.3 is 5.32 Å². The first-order chi connectivity index (χ1) is 11.7. The zero-order valence-electron chi connectivity index (χ0n) is 12.9. The molecule has 0 atom stereocenters. The van der Waals surface area contributed by atoms with Crippen LogP contribution in [-0.2, 0) is 13.5 Å². The van der Waals surface area contributed by atoms with E-state index in [0.717, 1.165) is 28.8 Å². The molecule has 3 heterocycles. The highest BCUT2D eigenvalue weighted by atomic mass is 127. The molecule has 3 aromatic heterocycles. The van der Waals surface area contributed by atoms with Crippen LogP contribution in [0.15, 0.2) is 42.9 Å². The summed E-state index contributed by atoms with van der Waals surface area (Å²) in [5, 5.41) is 15.3. The molecule has 0 spiro atoms. The lowest BCUT2D eigenvalue weighted by molar-refractivity contribution is 0.768. The first-order valence-electron chi connectivity index (χ1n) is 7.37. The van der Waals surface area contributed by atoms with Gasteiger partial charge in [0.2, 0.25) is 5.95 Å². The molecule has 1 aromatic carbocycles. The topological polar surface area (TPSA) is 84.3 Å². The normalized spacial score (nSPS) is 11.1. The molecule has 24 heavy (non-hydrogen) atoms. The minimum atomic E-state index is 0.528. The van der Waals surface area contributed by atoms with Crippen LogP contribution < -0.4 is 5.32 Å². The average molecular weight is 431 g/mol. The molecule has 0 unspecified atom stereocenters. The van der Waals surface area contributed by atoms with E-state index in [1.807, 2.05) is 13.2 Å². The number of rotatable bonds is 4. The number of aryl methyl sites for hydroxylation is 1. The van der Waals surface area contributed by atoms with Gasteiger partial charge in [-0.15, -0.1) is 0 Å². The van der Waals surface area contributed by atoms with Crippen LogP contribution in [0.5, 0.6) is 0 Å². The predicted molar refractivity (Wildman–Crippen MR) is 100 cm³/mol. The van der Waals surface area contributed by atoms with Crippen LogP contribution in [0.1, 0.15) is 11.3 Å². The van der Waals surface area contributed by atoms with E-state index in [2.05, 4.69) is 77.4 Å². The van der Waals surface area contributed by atoms with Gasteiger partial charge in [-0.3, -0.25) is 9.78 Å². The van der Waals surface area contributed by atoms with Gasteiger partial charge >= 0.3 is 0 Å². The average Bonchev–Trinajstić information content (AvgIpc) is 3.16. The lowest BCUT2D eigenvalue weighted by atomic mass is 10.1. The van der Waals surface area contributed by atoms with Crippen LogP contribution in [0.4, 0.5) is 11.6 Å². The number of benzene rings is 1. The van der Waals surface area contributed by atoms with Crippen molar-refractivity contribution >= 4 is 45.3 Å². The van der Waals surface area contributed by atoms with Crippen molar-refractivity contribution in [3.05, 3.63) is 57.7 Å². The van der Waals surface area contributed by atoms with Crippen LogP contribution in [0, 0.1) is 3.57 Å². The Morgan fingerprint density at radius 1 is 1.25 bits per heavy atom. The Morgan fingerprint density at radius 3 is 2.96 bits per heavy atom. The molecule has 0 bridgehead atoms. The van der Waals surface area contributed by atoms with Gasteiger partial charge in [0.25, 0.3) is 0 Å². The second-order valence-corrected chi connectivity index (χ2v) is 6.71. The van der Waals surface area contributed by atoms with Gasteiger partial charge in [0.15, 0.2) is 5.65 Å². The van der Waals surface area contributed by atoms with Crippen molar-refractivity contribution < 1.29 is 0 Å². The summed E-state index contributed by atoms with van der Waals surface area (Å²) in [7, 11) is 1.87. The summed E-state index contributed by atoms with van der Waals surface area (Å²) < 4.78 is 2.93.